The first-order valence-corrected chi connectivity index (χ1v) is 8.27. The van der Waals surface area contributed by atoms with Crippen molar-refractivity contribution in [3.05, 3.63) is 120 Å². The fraction of sp³-hybridized carbons (Fsp3) is 0.167. The number of halogens is 1. The molecule has 0 amide bonds. The zero-order chi connectivity index (χ0) is 18.9. The van der Waals surface area contributed by atoms with E-state index in [0.717, 1.165) is 0 Å². The standard InChI is InChI=1S/3C7H8.C3H5F/c3*1-7-5-3-2-4-6-7;1-3(2)4/h3*2-6H,1H3;1H2,2H3. The van der Waals surface area contributed by atoms with Gasteiger partial charge in [0.1, 0.15) is 0 Å². The lowest BCUT2D eigenvalue weighted by Crippen LogP contribution is -1.62. The fourth-order valence-electron chi connectivity index (χ4n) is 1.60. The molecule has 132 valence electrons. The maximum atomic E-state index is 10.8. The summed E-state index contributed by atoms with van der Waals surface area (Å²) in [6, 6.07) is 30.8. The zero-order valence-corrected chi connectivity index (χ0v) is 15.7. The molecule has 0 aromatic heterocycles. The van der Waals surface area contributed by atoms with Crippen molar-refractivity contribution < 1.29 is 4.39 Å². The van der Waals surface area contributed by atoms with E-state index in [2.05, 4.69) is 63.7 Å². The highest BCUT2D eigenvalue weighted by molar-refractivity contribution is 5.13. The smallest absolute Gasteiger partial charge is 0.0897 e. The molecule has 0 aliphatic carbocycles. The number of aryl methyl sites for hydroxylation is 3. The summed E-state index contributed by atoms with van der Waals surface area (Å²) in [7, 11) is 0. The molecule has 3 aromatic carbocycles. The van der Waals surface area contributed by atoms with Crippen molar-refractivity contribution in [2.45, 2.75) is 27.7 Å². The molecule has 0 N–H and O–H groups in total. The van der Waals surface area contributed by atoms with Crippen molar-refractivity contribution in [1.82, 2.24) is 0 Å². The molecule has 0 saturated heterocycles. The predicted molar refractivity (Wildman–Crippen MR) is 109 cm³/mol. The van der Waals surface area contributed by atoms with Crippen molar-refractivity contribution in [3.63, 3.8) is 0 Å². The van der Waals surface area contributed by atoms with Gasteiger partial charge in [0.05, 0.1) is 5.83 Å². The van der Waals surface area contributed by atoms with Crippen LogP contribution in [0.15, 0.2) is 103 Å². The number of benzene rings is 3. The van der Waals surface area contributed by atoms with Gasteiger partial charge < -0.3 is 0 Å². The van der Waals surface area contributed by atoms with E-state index in [1.165, 1.54) is 23.6 Å². The molecule has 0 heterocycles. The third-order valence-corrected chi connectivity index (χ3v) is 2.82. The van der Waals surface area contributed by atoms with E-state index in [1.807, 2.05) is 54.6 Å². The van der Waals surface area contributed by atoms with Crippen LogP contribution in [0.5, 0.6) is 0 Å². The lowest BCUT2D eigenvalue weighted by atomic mass is 10.2. The average molecular weight is 336 g/mol. The molecular weight excluding hydrogens is 307 g/mol. The molecule has 0 bridgehead atoms. The van der Waals surface area contributed by atoms with Gasteiger partial charge in [-0.1, -0.05) is 114 Å². The van der Waals surface area contributed by atoms with E-state index in [1.54, 1.807) is 0 Å². The summed E-state index contributed by atoms with van der Waals surface area (Å²) < 4.78 is 10.8. The number of rotatable bonds is 0. The third-order valence-electron chi connectivity index (χ3n) is 2.82. The van der Waals surface area contributed by atoms with Gasteiger partial charge in [-0.2, -0.15) is 0 Å². The second kappa shape index (κ2) is 14.9. The van der Waals surface area contributed by atoms with Crippen LogP contribution >= 0.6 is 0 Å². The van der Waals surface area contributed by atoms with Gasteiger partial charge in [0.2, 0.25) is 0 Å². The maximum Gasteiger partial charge on any atom is 0.0897 e. The Morgan fingerprint density at radius 2 is 0.720 bits per heavy atom. The molecule has 25 heavy (non-hydrogen) atoms. The Balaban J connectivity index is 0.000000314. The number of hydrogen-bond acceptors (Lipinski definition) is 0. The molecule has 0 saturated carbocycles. The number of hydrogen-bond donors (Lipinski definition) is 0. The van der Waals surface area contributed by atoms with E-state index in [-0.39, 0.29) is 5.83 Å². The van der Waals surface area contributed by atoms with E-state index >= 15 is 0 Å². The highest BCUT2D eigenvalue weighted by Gasteiger charge is 1.73. The van der Waals surface area contributed by atoms with Gasteiger partial charge in [0.15, 0.2) is 0 Å². The molecule has 0 aliphatic heterocycles. The third kappa shape index (κ3) is 17.5. The molecule has 3 aromatic rings. The molecule has 0 aliphatic rings. The summed E-state index contributed by atoms with van der Waals surface area (Å²) >= 11 is 0. The summed E-state index contributed by atoms with van der Waals surface area (Å²) in [4.78, 5) is 0. The largest absolute Gasteiger partial charge is 0.213 e. The normalized spacial score (nSPS) is 8.36. The molecule has 0 spiro atoms. The number of allylic oxidation sites excluding steroid dienone is 1. The second-order valence-corrected chi connectivity index (χ2v) is 5.64. The van der Waals surface area contributed by atoms with Crippen LogP contribution in [0.2, 0.25) is 0 Å². The van der Waals surface area contributed by atoms with Gasteiger partial charge in [-0.25, -0.2) is 4.39 Å². The molecule has 0 nitrogen and oxygen atoms in total. The van der Waals surface area contributed by atoms with Crippen LogP contribution in [0.4, 0.5) is 4.39 Å². The summed E-state index contributed by atoms with van der Waals surface area (Å²) in [5.41, 5.74) is 3.97. The summed E-state index contributed by atoms with van der Waals surface area (Å²) in [5.74, 6) is -0.333. The monoisotopic (exact) mass is 336 g/mol. The first kappa shape index (κ1) is 22.3. The quantitative estimate of drug-likeness (QED) is 0.399. The SMILES string of the molecule is C=C(C)F.Cc1ccccc1.Cc1ccccc1.Cc1ccccc1. The zero-order valence-electron chi connectivity index (χ0n) is 15.7. The van der Waals surface area contributed by atoms with Crippen molar-refractivity contribution in [2.75, 3.05) is 0 Å². The van der Waals surface area contributed by atoms with E-state index in [4.69, 9.17) is 0 Å². The van der Waals surface area contributed by atoms with Crippen LogP contribution in [0, 0.1) is 20.8 Å². The highest BCUT2D eigenvalue weighted by Crippen LogP contribution is 1.93. The van der Waals surface area contributed by atoms with Crippen LogP contribution < -0.4 is 0 Å². The summed E-state index contributed by atoms with van der Waals surface area (Å²) in [6.45, 7) is 10.4. The van der Waals surface area contributed by atoms with Gasteiger partial charge in [0, 0.05) is 0 Å². The lowest BCUT2D eigenvalue weighted by Gasteiger charge is -1.82. The second-order valence-electron chi connectivity index (χ2n) is 5.64. The van der Waals surface area contributed by atoms with Gasteiger partial charge in [-0.15, -0.1) is 0 Å². The fourth-order valence-corrected chi connectivity index (χ4v) is 1.60. The Bertz CT molecular complexity index is 565. The molecule has 0 atom stereocenters. The molecule has 0 unspecified atom stereocenters. The minimum atomic E-state index is -0.333. The summed E-state index contributed by atoms with van der Waals surface area (Å²) in [5, 5.41) is 0. The molecule has 0 fully saturated rings. The van der Waals surface area contributed by atoms with Crippen molar-refractivity contribution in [2.24, 2.45) is 0 Å². The van der Waals surface area contributed by atoms with Crippen molar-refractivity contribution in [3.8, 4) is 0 Å². The Morgan fingerprint density at radius 3 is 0.800 bits per heavy atom. The minimum absolute atomic E-state index is 0.333. The Labute approximate surface area is 152 Å². The van der Waals surface area contributed by atoms with E-state index in [9.17, 15) is 4.39 Å². The van der Waals surface area contributed by atoms with E-state index < -0.39 is 0 Å². The first-order chi connectivity index (χ1) is 11.9. The van der Waals surface area contributed by atoms with Crippen LogP contribution in [-0.4, -0.2) is 0 Å². The van der Waals surface area contributed by atoms with Crippen molar-refractivity contribution in [1.29, 1.82) is 0 Å². The Morgan fingerprint density at radius 1 is 0.560 bits per heavy atom. The Hall–Kier alpha value is -2.67. The van der Waals surface area contributed by atoms with Crippen LogP contribution in [-0.2, 0) is 0 Å². The molecule has 3 rings (SSSR count). The van der Waals surface area contributed by atoms with Gasteiger partial charge >= 0.3 is 0 Å². The van der Waals surface area contributed by atoms with Crippen LogP contribution in [0.3, 0.4) is 0 Å². The topological polar surface area (TPSA) is 0 Å². The van der Waals surface area contributed by atoms with Crippen LogP contribution in [0.25, 0.3) is 0 Å². The van der Waals surface area contributed by atoms with Crippen LogP contribution in [0.1, 0.15) is 23.6 Å². The highest BCUT2D eigenvalue weighted by atomic mass is 19.1. The predicted octanol–water partition coefficient (Wildman–Crippen LogP) is 7.47. The Kier molecular flexibility index (Phi) is 13.3. The minimum Gasteiger partial charge on any atom is -0.213 e. The maximum absolute atomic E-state index is 10.8. The van der Waals surface area contributed by atoms with Gasteiger partial charge in [-0.3, -0.25) is 0 Å². The van der Waals surface area contributed by atoms with Crippen molar-refractivity contribution >= 4 is 0 Å². The first-order valence-electron chi connectivity index (χ1n) is 8.27. The van der Waals surface area contributed by atoms with Gasteiger partial charge in [0.25, 0.3) is 0 Å². The van der Waals surface area contributed by atoms with E-state index in [0.29, 0.717) is 0 Å². The average Bonchev–Trinajstić information content (AvgIpc) is 2.58. The van der Waals surface area contributed by atoms with Gasteiger partial charge in [-0.05, 0) is 27.7 Å². The summed E-state index contributed by atoms with van der Waals surface area (Å²) in [6.07, 6.45) is 0. The lowest BCUT2D eigenvalue weighted by molar-refractivity contribution is 0.645. The molecular formula is C24H29F. The molecule has 0 radical (unpaired) electrons. The molecule has 1 heteroatoms.